The van der Waals surface area contributed by atoms with Crippen molar-refractivity contribution in [3.63, 3.8) is 0 Å². The Morgan fingerprint density at radius 3 is 2.76 bits per heavy atom. The number of unbranched alkanes of at least 4 members (excludes halogenated alkanes) is 1. The first-order chi connectivity index (χ1) is 14.2. The maximum Gasteiger partial charge on any atom is 0.225 e. The fourth-order valence-electron chi connectivity index (χ4n) is 3.30. The van der Waals surface area contributed by atoms with Crippen molar-refractivity contribution in [1.82, 2.24) is 10.3 Å². The maximum atomic E-state index is 12.3. The zero-order valence-corrected chi connectivity index (χ0v) is 18.2. The van der Waals surface area contributed by atoms with Crippen molar-refractivity contribution in [3.05, 3.63) is 63.6 Å². The molecular weight excluding hydrogens is 380 g/mol. The molecule has 1 heterocycles. The minimum Gasteiger partial charge on any atom is -0.381 e. The number of fused-ring (bicyclic) bond motifs is 1. The zero-order chi connectivity index (χ0) is 20.5. The molecule has 0 aliphatic rings. The van der Waals surface area contributed by atoms with Gasteiger partial charge in [0.1, 0.15) is 0 Å². The van der Waals surface area contributed by atoms with Gasteiger partial charge in [0.15, 0.2) is 0 Å². The highest BCUT2D eigenvalue weighted by atomic mass is 32.1. The summed E-state index contributed by atoms with van der Waals surface area (Å²) in [5, 5.41) is 6.57. The van der Waals surface area contributed by atoms with Crippen LogP contribution in [0.1, 0.15) is 47.3 Å². The van der Waals surface area contributed by atoms with E-state index in [1.54, 1.807) is 11.3 Å². The van der Waals surface area contributed by atoms with Gasteiger partial charge in [-0.25, -0.2) is 4.98 Å². The lowest BCUT2D eigenvalue weighted by molar-refractivity contribution is -0.120. The van der Waals surface area contributed by atoms with Crippen LogP contribution < -0.4 is 5.32 Å². The highest BCUT2D eigenvalue weighted by Gasteiger charge is 2.13. The number of thiazole rings is 1. The Morgan fingerprint density at radius 2 is 1.90 bits per heavy atom. The number of aryl methyl sites for hydroxylation is 1. The minimum absolute atomic E-state index is 0.0574. The van der Waals surface area contributed by atoms with Crippen LogP contribution in [-0.2, 0) is 22.4 Å². The van der Waals surface area contributed by atoms with Gasteiger partial charge in [0.05, 0.1) is 17.1 Å². The third-order valence-corrected chi connectivity index (χ3v) is 6.07. The second kappa shape index (κ2) is 11.1. The Labute approximate surface area is 177 Å². The van der Waals surface area contributed by atoms with Crippen molar-refractivity contribution in [3.8, 4) is 0 Å². The molecule has 4 nitrogen and oxygen atoms in total. The Kier molecular flexibility index (Phi) is 8.20. The van der Waals surface area contributed by atoms with Crippen LogP contribution in [0.5, 0.6) is 0 Å². The van der Waals surface area contributed by atoms with E-state index in [4.69, 9.17) is 9.72 Å². The van der Waals surface area contributed by atoms with Gasteiger partial charge in [-0.1, -0.05) is 55.8 Å². The number of carbonyl (C=O) groups excluding carboxylic acids is 1. The molecule has 154 valence electrons. The summed E-state index contributed by atoms with van der Waals surface area (Å²) in [6, 6.07) is 14.8. The average Bonchev–Trinajstić information content (AvgIpc) is 3.06. The number of ether oxygens (including phenoxy) is 1. The molecule has 0 atom stereocenters. The number of hydrogen-bond donors (Lipinski definition) is 1. The van der Waals surface area contributed by atoms with Gasteiger partial charge < -0.3 is 10.1 Å². The van der Waals surface area contributed by atoms with E-state index >= 15 is 0 Å². The van der Waals surface area contributed by atoms with E-state index in [2.05, 4.69) is 54.7 Å². The van der Waals surface area contributed by atoms with Gasteiger partial charge in [0.2, 0.25) is 5.91 Å². The first-order valence-electron chi connectivity index (χ1n) is 10.4. The number of rotatable bonds is 11. The Bertz CT molecular complexity index is 930. The van der Waals surface area contributed by atoms with Gasteiger partial charge in [0.25, 0.3) is 0 Å². The fraction of sp³-hybridized carbons (Fsp3) is 0.417. The lowest BCUT2D eigenvalue weighted by atomic mass is 10.0. The standard InChI is InChI=1S/C24H30N2O2S/c1-3-4-14-28-15-8-13-25-23(27)17-22-18(2)26-24(29-22)16-20-11-7-10-19-9-5-6-12-21(19)20/h5-7,9-12H,3-4,8,13-17H2,1-2H3,(H,25,27). The molecule has 0 spiro atoms. The summed E-state index contributed by atoms with van der Waals surface area (Å²) in [7, 11) is 0. The maximum absolute atomic E-state index is 12.3. The molecular formula is C24H30N2O2S. The molecule has 3 rings (SSSR count). The molecule has 0 fully saturated rings. The third-order valence-electron chi connectivity index (χ3n) is 4.91. The lowest BCUT2D eigenvalue weighted by Crippen LogP contribution is -2.26. The molecule has 5 heteroatoms. The molecule has 29 heavy (non-hydrogen) atoms. The van der Waals surface area contributed by atoms with E-state index in [1.807, 2.05) is 6.92 Å². The van der Waals surface area contributed by atoms with Crippen molar-refractivity contribution in [1.29, 1.82) is 0 Å². The number of hydrogen-bond acceptors (Lipinski definition) is 4. The highest BCUT2D eigenvalue weighted by Crippen LogP contribution is 2.25. The molecule has 0 saturated carbocycles. The monoisotopic (exact) mass is 410 g/mol. The molecule has 0 saturated heterocycles. The van der Waals surface area contributed by atoms with Crippen molar-refractivity contribution in [2.45, 2.75) is 46.0 Å². The zero-order valence-electron chi connectivity index (χ0n) is 17.4. The van der Waals surface area contributed by atoms with E-state index in [1.165, 1.54) is 16.3 Å². The largest absolute Gasteiger partial charge is 0.381 e. The van der Waals surface area contributed by atoms with Gasteiger partial charge in [0, 0.05) is 31.1 Å². The second-order valence-electron chi connectivity index (χ2n) is 7.28. The molecule has 1 amide bonds. The van der Waals surface area contributed by atoms with E-state index in [0.717, 1.165) is 47.9 Å². The van der Waals surface area contributed by atoms with E-state index in [0.29, 0.717) is 19.6 Å². The van der Waals surface area contributed by atoms with Gasteiger partial charge in [-0.3, -0.25) is 4.79 Å². The topological polar surface area (TPSA) is 51.2 Å². The molecule has 0 radical (unpaired) electrons. The highest BCUT2D eigenvalue weighted by molar-refractivity contribution is 7.11. The number of carbonyl (C=O) groups is 1. The molecule has 0 aliphatic heterocycles. The molecule has 0 unspecified atom stereocenters. The molecule has 2 aromatic carbocycles. The molecule has 1 aromatic heterocycles. The van der Waals surface area contributed by atoms with Crippen molar-refractivity contribution in [2.75, 3.05) is 19.8 Å². The normalized spacial score (nSPS) is 11.1. The quantitative estimate of drug-likeness (QED) is 0.450. The summed E-state index contributed by atoms with van der Waals surface area (Å²) < 4.78 is 5.52. The summed E-state index contributed by atoms with van der Waals surface area (Å²) >= 11 is 1.65. The molecule has 1 N–H and O–H groups in total. The second-order valence-corrected chi connectivity index (χ2v) is 8.45. The van der Waals surface area contributed by atoms with Gasteiger partial charge in [-0.05, 0) is 36.1 Å². The summed E-state index contributed by atoms with van der Waals surface area (Å²) in [5.74, 6) is 0.0574. The van der Waals surface area contributed by atoms with Crippen LogP contribution in [0.25, 0.3) is 10.8 Å². The van der Waals surface area contributed by atoms with Gasteiger partial charge in [-0.2, -0.15) is 0 Å². The lowest BCUT2D eigenvalue weighted by Gasteiger charge is -2.05. The number of benzene rings is 2. The Balaban J connectivity index is 1.51. The molecule has 0 bridgehead atoms. The smallest absolute Gasteiger partial charge is 0.225 e. The summed E-state index contributed by atoms with van der Waals surface area (Å²) in [6.45, 7) is 6.32. The predicted octanol–water partition coefficient (Wildman–Crippen LogP) is 5.06. The summed E-state index contributed by atoms with van der Waals surface area (Å²) in [4.78, 5) is 18.0. The van der Waals surface area contributed by atoms with Crippen LogP contribution in [0, 0.1) is 6.92 Å². The number of aromatic nitrogens is 1. The van der Waals surface area contributed by atoms with Crippen molar-refractivity contribution >= 4 is 28.0 Å². The van der Waals surface area contributed by atoms with E-state index in [9.17, 15) is 4.79 Å². The first-order valence-corrected chi connectivity index (χ1v) is 11.2. The average molecular weight is 411 g/mol. The van der Waals surface area contributed by atoms with E-state index in [-0.39, 0.29) is 5.91 Å². The van der Waals surface area contributed by atoms with Crippen molar-refractivity contribution < 1.29 is 9.53 Å². The fourth-order valence-corrected chi connectivity index (χ4v) is 4.39. The summed E-state index contributed by atoms with van der Waals surface area (Å²) in [5.41, 5.74) is 2.24. The Hall–Kier alpha value is -2.24. The van der Waals surface area contributed by atoms with Gasteiger partial charge >= 0.3 is 0 Å². The predicted molar refractivity (Wildman–Crippen MR) is 121 cm³/mol. The van der Waals surface area contributed by atoms with Crippen LogP contribution in [0.4, 0.5) is 0 Å². The SMILES string of the molecule is CCCCOCCCNC(=O)Cc1sc(Cc2cccc3ccccc23)nc1C. The van der Waals surface area contributed by atoms with Crippen LogP contribution >= 0.6 is 11.3 Å². The Morgan fingerprint density at radius 1 is 1.10 bits per heavy atom. The number of amides is 1. The van der Waals surface area contributed by atoms with Crippen LogP contribution in [0.15, 0.2) is 42.5 Å². The van der Waals surface area contributed by atoms with Crippen LogP contribution in [-0.4, -0.2) is 30.6 Å². The molecule has 3 aromatic rings. The van der Waals surface area contributed by atoms with Crippen molar-refractivity contribution in [2.24, 2.45) is 0 Å². The summed E-state index contributed by atoms with van der Waals surface area (Å²) in [6.07, 6.45) is 4.29. The minimum atomic E-state index is 0.0574. The van der Waals surface area contributed by atoms with Gasteiger partial charge in [-0.15, -0.1) is 11.3 Å². The van der Waals surface area contributed by atoms with Crippen LogP contribution in [0.3, 0.4) is 0 Å². The first kappa shape index (κ1) is 21.5. The number of nitrogens with one attached hydrogen (secondary N) is 1. The molecule has 0 aliphatic carbocycles. The van der Waals surface area contributed by atoms with Crippen LogP contribution in [0.2, 0.25) is 0 Å². The third kappa shape index (κ3) is 6.38. The number of nitrogens with zero attached hydrogens (tertiary/aromatic N) is 1. The van der Waals surface area contributed by atoms with E-state index < -0.39 is 0 Å².